The van der Waals surface area contributed by atoms with E-state index >= 15 is 0 Å². The number of nitrogens with one attached hydrogen (secondary N) is 1. The maximum absolute atomic E-state index is 13.3. The molecule has 1 N–H and O–H groups in total. The highest BCUT2D eigenvalue weighted by Crippen LogP contribution is 2.39. The summed E-state index contributed by atoms with van der Waals surface area (Å²) >= 11 is 2.92. The maximum Gasteiger partial charge on any atom is 0.170 e. The van der Waals surface area contributed by atoms with E-state index < -0.39 is 11.6 Å². The predicted molar refractivity (Wildman–Crippen MR) is 106 cm³/mol. The summed E-state index contributed by atoms with van der Waals surface area (Å²) in [5.74, 6) is 0.0388. The monoisotopic (exact) mass is 419 g/mol. The van der Waals surface area contributed by atoms with Crippen LogP contribution in [0.1, 0.15) is 5.69 Å². The van der Waals surface area contributed by atoms with E-state index in [1.807, 2.05) is 23.6 Å². The number of imidazole rings is 1. The quantitative estimate of drug-likeness (QED) is 0.431. The summed E-state index contributed by atoms with van der Waals surface area (Å²) in [6.45, 7) is 0. The van der Waals surface area contributed by atoms with Crippen LogP contribution < -0.4 is 9.47 Å². The van der Waals surface area contributed by atoms with Gasteiger partial charge in [-0.2, -0.15) is 0 Å². The van der Waals surface area contributed by atoms with Crippen molar-refractivity contribution in [1.82, 2.24) is 15.0 Å². The van der Waals surface area contributed by atoms with Crippen molar-refractivity contribution in [2.75, 3.05) is 14.2 Å². The Hall–Kier alpha value is -2.65. The van der Waals surface area contributed by atoms with Crippen LogP contribution in [-0.2, 0) is 5.75 Å². The average Bonchev–Trinajstić information content (AvgIpc) is 3.32. The SMILES string of the molecule is COc1cccc(-c2nc(CSc3nc4cc(F)c(F)cc4[nH]3)cs2)c1OC. The third kappa shape index (κ3) is 3.55. The van der Waals surface area contributed by atoms with Gasteiger partial charge < -0.3 is 14.5 Å². The number of ether oxygens (including phenoxy) is 2. The summed E-state index contributed by atoms with van der Waals surface area (Å²) in [6, 6.07) is 7.84. The highest BCUT2D eigenvalue weighted by Gasteiger charge is 2.15. The van der Waals surface area contributed by atoms with Crippen molar-refractivity contribution < 1.29 is 18.3 Å². The number of para-hydroxylation sites is 1. The molecule has 0 unspecified atom stereocenters. The van der Waals surface area contributed by atoms with E-state index in [4.69, 9.17) is 9.47 Å². The van der Waals surface area contributed by atoms with Crippen LogP contribution in [0.3, 0.4) is 0 Å². The Morgan fingerprint density at radius 1 is 1.11 bits per heavy atom. The van der Waals surface area contributed by atoms with Gasteiger partial charge in [0.2, 0.25) is 0 Å². The normalized spacial score (nSPS) is 11.1. The fourth-order valence-corrected chi connectivity index (χ4v) is 4.47. The molecule has 0 fully saturated rings. The molecule has 0 saturated heterocycles. The summed E-state index contributed by atoms with van der Waals surface area (Å²) in [5.41, 5.74) is 2.58. The number of aromatic amines is 1. The summed E-state index contributed by atoms with van der Waals surface area (Å²) in [4.78, 5) is 11.9. The number of aromatic nitrogens is 3. The van der Waals surface area contributed by atoms with Crippen molar-refractivity contribution >= 4 is 34.1 Å². The number of benzene rings is 2. The van der Waals surface area contributed by atoms with Gasteiger partial charge in [0.1, 0.15) is 5.01 Å². The third-order valence-electron chi connectivity index (χ3n) is 4.04. The van der Waals surface area contributed by atoms with Gasteiger partial charge in [-0.15, -0.1) is 11.3 Å². The van der Waals surface area contributed by atoms with Gasteiger partial charge in [-0.3, -0.25) is 0 Å². The smallest absolute Gasteiger partial charge is 0.170 e. The third-order valence-corrected chi connectivity index (χ3v) is 5.88. The molecule has 0 amide bonds. The molecule has 2 aromatic carbocycles. The van der Waals surface area contributed by atoms with Gasteiger partial charge >= 0.3 is 0 Å². The minimum atomic E-state index is -0.910. The second kappa shape index (κ2) is 7.76. The first-order valence-electron chi connectivity index (χ1n) is 8.22. The van der Waals surface area contributed by atoms with Crippen LogP contribution >= 0.6 is 23.1 Å². The molecule has 0 bridgehead atoms. The maximum atomic E-state index is 13.3. The molecule has 2 aromatic heterocycles. The fourth-order valence-electron chi connectivity index (χ4n) is 2.74. The predicted octanol–water partition coefficient (Wildman–Crippen LogP) is 5.27. The zero-order valence-electron chi connectivity index (χ0n) is 15.0. The Balaban J connectivity index is 1.53. The van der Waals surface area contributed by atoms with Crippen LogP contribution in [0.5, 0.6) is 11.5 Å². The molecule has 0 atom stereocenters. The van der Waals surface area contributed by atoms with Gasteiger partial charge in [-0.05, 0) is 12.1 Å². The van der Waals surface area contributed by atoms with E-state index in [9.17, 15) is 8.78 Å². The first kappa shape index (κ1) is 18.7. The average molecular weight is 419 g/mol. The molecule has 5 nitrogen and oxygen atoms in total. The van der Waals surface area contributed by atoms with E-state index in [-0.39, 0.29) is 0 Å². The molecule has 2 heterocycles. The van der Waals surface area contributed by atoms with E-state index in [1.165, 1.54) is 23.1 Å². The van der Waals surface area contributed by atoms with E-state index in [2.05, 4.69) is 15.0 Å². The van der Waals surface area contributed by atoms with Gasteiger partial charge in [0.25, 0.3) is 0 Å². The van der Waals surface area contributed by atoms with Gasteiger partial charge in [0.15, 0.2) is 28.3 Å². The van der Waals surface area contributed by atoms with Gasteiger partial charge in [-0.25, -0.2) is 18.7 Å². The molecular formula is C19H15F2N3O2S2. The molecule has 144 valence electrons. The number of methoxy groups -OCH3 is 2. The van der Waals surface area contributed by atoms with Crippen molar-refractivity contribution in [3.05, 3.63) is 53.0 Å². The summed E-state index contributed by atoms with van der Waals surface area (Å²) in [7, 11) is 3.19. The summed E-state index contributed by atoms with van der Waals surface area (Å²) < 4.78 is 37.5. The molecule has 0 aliphatic rings. The number of hydrogen-bond acceptors (Lipinski definition) is 6. The number of H-pyrrole nitrogens is 1. The lowest BCUT2D eigenvalue weighted by atomic mass is 10.2. The van der Waals surface area contributed by atoms with Crippen molar-refractivity contribution in [2.45, 2.75) is 10.9 Å². The number of nitrogens with zero attached hydrogens (tertiary/aromatic N) is 2. The number of hydrogen-bond donors (Lipinski definition) is 1. The fraction of sp³-hybridized carbons (Fsp3) is 0.158. The molecular weight excluding hydrogens is 404 g/mol. The topological polar surface area (TPSA) is 60.0 Å². The second-order valence-electron chi connectivity index (χ2n) is 5.80. The van der Waals surface area contributed by atoms with Crippen LogP contribution in [0.2, 0.25) is 0 Å². The molecule has 4 aromatic rings. The van der Waals surface area contributed by atoms with Crippen LogP contribution in [0.25, 0.3) is 21.6 Å². The van der Waals surface area contributed by atoms with Gasteiger partial charge in [0.05, 0.1) is 36.5 Å². The van der Waals surface area contributed by atoms with Crippen molar-refractivity contribution in [2.24, 2.45) is 0 Å². The minimum absolute atomic E-state index is 0.390. The zero-order valence-corrected chi connectivity index (χ0v) is 16.6. The standard InChI is InChI=1S/C19H15F2N3O2S2/c1-25-16-5-3-4-11(17(16)26-2)18-22-10(8-27-18)9-28-19-23-14-6-12(20)13(21)7-15(14)24-19/h3-8H,9H2,1-2H3,(H,23,24). The number of thiazole rings is 1. The van der Waals surface area contributed by atoms with Gasteiger partial charge in [0, 0.05) is 23.3 Å². The van der Waals surface area contributed by atoms with Crippen LogP contribution in [0.4, 0.5) is 8.78 Å². The van der Waals surface area contributed by atoms with E-state index in [1.54, 1.807) is 14.2 Å². The first-order valence-corrected chi connectivity index (χ1v) is 10.1. The Kier molecular flexibility index (Phi) is 5.19. The van der Waals surface area contributed by atoms with E-state index in [0.29, 0.717) is 33.4 Å². The Bertz CT molecular complexity index is 1100. The summed E-state index contributed by atoms with van der Waals surface area (Å²) in [5, 5.41) is 3.36. The molecule has 0 aliphatic heterocycles. The van der Waals surface area contributed by atoms with Gasteiger partial charge in [-0.1, -0.05) is 17.8 Å². The number of thioether (sulfide) groups is 1. The van der Waals surface area contributed by atoms with Crippen LogP contribution in [0, 0.1) is 11.6 Å². The molecule has 0 spiro atoms. The van der Waals surface area contributed by atoms with E-state index in [0.717, 1.165) is 28.4 Å². The van der Waals surface area contributed by atoms with Crippen molar-refractivity contribution in [1.29, 1.82) is 0 Å². The van der Waals surface area contributed by atoms with Crippen LogP contribution in [0.15, 0.2) is 40.9 Å². The largest absolute Gasteiger partial charge is 0.493 e. The number of rotatable bonds is 6. The molecule has 0 saturated carbocycles. The minimum Gasteiger partial charge on any atom is -0.493 e. The number of fused-ring (bicyclic) bond motifs is 1. The molecule has 9 heteroatoms. The second-order valence-corrected chi connectivity index (χ2v) is 7.62. The van der Waals surface area contributed by atoms with Crippen molar-refractivity contribution in [3.63, 3.8) is 0 Å². The molecule has 28 heavy (non-hydrogen) atoms. The lowest BCUT2D eigenvalue weighted by molar-refractivity contribution is 0.356. The number of halogens is 2. The Morgan fingerprint density at radius 3 is 2.71 bits per heavy atom. The van der Waals surface area contributed by atoms with Crippen molar-refractivity contribution in [3.8, 4) is 22.1 Å². The molecule has 4 rings (SSSR count). The molecule has 0 radical (unpaired) electrons. The lowest BCUT2D eigenvalue weighted by Crippen LogP contribution is -1.93. The Morgan fingerprint density at radius 2 is 1.93 bits per heavy atom. The first-order chi connectivity index (χ1) is 13.6. The summed E-state index contributed by atoms with van der Waals surface area (Å²) in [6.07, 6.45) is 0. The highest BCUT2D eigenvalue weighted by atomic mass is 32.2. The van der Waals surface area contributed by atoms with Crippen LogP contribution in [-0.4, -0.2) is 29.2 Å². The molecule has 0 aliphatic carbocycles. The highest BCUT2D eigenvalue weighted by molar-refractivity contribution is 7.98. The Labute approximate surface area is 167 Å². The zero-order chi connectivity index (χ0) is 19.7. The lowest BCUT2D eigenvalue weighted by Gasteiger charge is -2.10.